The van der Waals surface area contributed by atoms with Crippen molar-refractivity contribution in [3.05, 3.63) is 68.6 Å². The van der Waals surface area contributed by atoms with Crippen LogP contribution in [0.5, 0.6) is 0 Å². The molecule has 13 rings (SSSR count). The minimum Gasteiger partial charge on any atom is -0.324 e. The van der Waals surface area contributed by atoms with Crippen LogP contribution < -0.4 is 0 Å². The van der Waals surface area contributed by atoms with Gasteiger partial charge < -0.3 is 9.97 Å². The van der Waals surface area contributed by atoms with E-state index < -0.39 is 0 Å². The van der Waals surface area contributed by atoms with Gasteiger partial charge in [0.15, 0.2) is 23.3 Å². The molecule has 0 atom stereocenters. The van der Waals surface area contributed by atoms with Crippen LogP contribution in [-0.2, 0) is 0 Å². The fourth-order valence-electron chi connectivity index (χ4n) is 7.93. The van der Waals surface area contributed by atoms with Crippen molar-refractivity contribution < 1.29 is 0 Å². The quantitative estimate of drug-likeness (QED) is 0.151. The Morgan fingerprint density at radius 1 is 0.321 bits per heavy atom. The van der Waals surface area contributed by atoms with Crippen LogP contribution in [0.25, 0.3) is 131 Å². The predicted molar refractivity (Wildman–Crippen MR) is 228 cm³/mol. The van der Waals surface area contributed by atoms with Crippen molar-refractivity contribution in [1.29, 1.82) is 0 Å². The average molecular weight is 799 g/mol. The van der Waals surface area contributed by atoms with Crippen molar-refractivity contribution in [3.8, 4) is 45.6 Å². The number of nitrogens with zero attached hydrogens (tertiary/aromatic N) is 10. The van der Waals surface area contributed by atoms with Gasteiger partial charge in [-0.2, -0.15) is 0 Å². The van der Waals surface area contributed by atoms with Crippen LogP contribution in [0.3, 0.4) is 0 Å². The monoisotopic (exact) mass is 798 g/mol. The molecule has 7 aromatic heterocycles. The summed E-state index contributed by atoms with van der Waals surface area (Å²) in [6.07, 6.45) is 0. The topological polar surface area (TPSA) is 160 Å². The Kier molecular flexibility index (Phi) is 5.97. The van der Waals surface area contributed by atoms with Crippen molar-refractivity contribution in [2.45, 2.75) is 27.7 Å². The molecule has 9 heterocycles. The molecule has 0 unspecified atom stereocenters. The lowest BCUT2D eigenvalue weighted by Crippen LogP contribution is -1.83. The van der Waals surface area contributed by atoms with Crippen LogP contribution in [0.1, 0.15) is 20.0 Å². The minimum absolute atomic E-state index is 0.536. The molecule has 12 nitrogen and oxygen atoms in total. The number of aryl methyl sites for hydroxylation is 4. The number of fused-ring (bicyclic) bond motifs is 24. The Labute approximate surface area is 330 Å². The number of aromatic amines is 2. The van der Waals surface area contributed by atoms with E-state index in [2.05, 4.69) is 58.5 Å². The SMILES string of the molecule is Cc1nc2cc3c(cc2s1)-c1nc-3nc2[nH]c(nc3nc(nc4[nH]c(n1)c1cc5nc(C)sc5cc41)-c1cc4nc(C)sc4cc1-3)c1cc3nc(C)sc3cc21. The first kappa shape index (κ1) is 31.1. The van der Waals surface area contributed by atoms with Crippen LogP contribution in [-0.4, -0.2) is 59.8 Å². The zero-order chi connectivity index (χ0) is 37.1. The van der Waals surface area contributed by atoms with E-state index in [0.717, 1.165) is 105 Å². The van der Waals surface area contributed by atoms with E-state index in [1.54, 1.807) is 45.3 Å². The molecular weight excluding hydrogens is 777 g/mol. The third-order valence-corrected chi connectivity index (χ3v) is 14.0. The molecule has 0 saturated carbocycles. The molecule has 0 aliphatic carbocycles. The highest BCUT2D eigenvalue weighted by Gasteiger charge is 2.25. The van der Waals surface area contributed by atoms with Crippen LogP contribution in [0.4, 0.5) is 0 Å². The maximum absolute atomic E-state index is 5.27. The normalized spacial score (nSPS) is 12.6. The third-order valence-electron chi connectivity index (χ3n) is 10.3. The van der Waals surface area contributed by atoms with Crippen molar-refractivity contribution in [2.24, 2.45) is 0 Å². The van der Waals surface area contributed by atoms with Gasteiger partial charge >= 0.3 is 0 Å². The summed E-state index contributed by atoms with van der Waals surface area (Å²) >= 11 is 6.61. The van der Waals surface area contributed by atoms with E-state index in [0.29, 0.717) is 45.9 Å². The van der Waals surface area contributed by atoms with Gasteiger partial charge in [0, 0.05) is 43.8 Å². The van der Waals surface area contributed by atoms with Gasteiger partial charge in [0.05, 0.1) is 60.9 Å². The van der Waals surface area contributed by atoms with Crippen LogP contribution in [0, 0.1) is 27.7 Å². The van der Waals surface area contributed by atoms with Crippen molar-refractivity contribution >= 4 is 130 Å². The van der Waals surface area contributed by atoms with E-state index in [9.17, 15) is 0 Å². The van der Waals surface area contributed by atoms with Gasteiger partial charge in [-0.25, -0.2) is 49.8 Å². The first-order valence-electron chi connectivity index (χ1n) is 17.7. The fraction of sp³-hybridized carbons (Fsp3) is 0.100. The highest BCUT2D eigenvalue weighted by Crippen LogP contribution is 2.42. The summed E-state index contributed by atoms with van der Waals surface area (Å²) in [5.74, 6) is 2.16. The Balaban J connectivity index is 1.23. The van der Waals surface area contributed by atoms with Gasteiger partial charge in [0.1, 0.15) is 22.6 Å². The summed E-state index contributed by atoms with van der Waals surface area (Å²) in [7, 11) is 0. The van der Waals surface area contributed by atoms with Gasteiger partial charge in [0.25, 0.3) is 0 Å². The molecule has 16 heteroatoms. The fourth-order valence-corrected chi connectivity index (χ4v) is 11.3. The molecule has 0 fully saturated rings. The van der Waals surface area contributed by atoms with E-state index in [-0.39, 0.29) is 0 Å². The molecule has 266 valence electrons. The standard InChI is InChI=1S/C40H22N12S4/c1-13-41-25-5-17-21(9-29(25)53-13)37-45-33(17)49-38-22-10-30-27(43-15(3)54-30)7-19(22)35(47-38)51-40-24-12-32-28(44-16(4)56-32)8-20(24)36(48-40)52-39-23-11-31-26(42-14(2)55-31)6-18(23)34(46-39)50-37/h5-12H,1-4H3,(H2,45,46,47,48,49,50,51,52). The molecule has 56 heavy (non-hydrogen) atoms. The smallest absolute Gasteiger partial charge is 0.164 e. The lowest BCUT2D eigenvalue weighted by atomic mass is 10.1. The van der Waals surface area contributed by atoms with E-state index in [1.165, 1.54) is 0 Å². The predicted octanol–water partition coefficient (Wildman–Crippen LogP) is 10.5. The summed E-state index contributed by atoms with van der Waals surface area (Å²) in [5.41, 5.74) is 9.61. The number of hydrogen-bond donors (Lipinski definition) is 2. The lowest BCUT2D eigenvalue weighted by Gasteiger charge is -1.98. The number of aromatic nitrogens is 12. The molecule has 2 N–H and O–H groups in total. The molecule has 2 aliphatic rings. The summed E-state index contributed by atoms with van der Waals surface area (Å²) in [4.78, 5) is 57.8. The molecule has 11 aromatic rings. The molecular formula is C40H22N12S4. The number of nitrogens with one attached hydrogen (secondary N) is 2. The Morgan fingerprint density at radius 2 is 0.607 bits per heavy atom. The van der Waals surface area contributed by atoms with Gasteiger partial charge in [0.2, 0.25) is 0 Å². The molecule has 2 aliphatic heterocycles. The number of rotatable bonds is 0. The number of thiazole rings is 4. The zero-order valence-electron chi connectivity index (χ0n) is 29.7. The van der Waals surface area contributed by atoms with Crippen LogP contribution in [0.2, 0.25) is 0 Å². The third kappa shape index (κ3) is 4.43. The highest BCUT2D eigenvalue weighted by molar-refractivity contribution is 7.19. The van der Waals surface area contributed by atoms with Gasteiger partial charge in [-0.05, 0) is 76.2 Å². The lowest BCUT2D eigenvalue weighted by molar-refractivity contribution is 1.19. The first-order valence-corrected chi connectivity index (χ1v) is 21.0. The maximum Gasteiger partial charge on any atom is 0.164 e. The highest BCUT2D eigenvalue weighted by atomic mass is 32.1. The number of benzene rings is 4. The second kappa shape index (κ2) is 10.8. The summed E-state index contributed by atoms with van der Waals surface area (Å²) in [5, 5.41) is 7.55. The molecule has 0 spiro atoms. The molecule has 4 aromatic carbocycles. The van der Waals surface area contributed by atoms with Gasteiger partial charge in [-0.15, -0.1) is 45.3 Å². The summed E-state index contributed by atoms with van der Waals surface area (Å²) < 4.78 is 4.26. The Morgan fingerprint density at radius 3 is 0.964 bits per heavy atom. The Bertz CT molecular complexity index is 3310. The van der Waals surface area contributed by atoms with Crippen molar-refractivity contribution in [3.63, 3.8) is 0 Å². The number of hydrogen-bond acceptors (Lipinski definition) is 14. The second-order valence-corrected chi connectivity index (χ2v) is 18.9. The van der Waals surface area contributed by atoms with Gasteiger partial charge in [-0.3, -0.25) is 0 Å². The van der Waals surface area contributed by atoms with E-state index >= 15 is 0 Å². The molecule has 0 saturated heterocycles. The molecule has 8 bridgehead atoms. The molecule has 0 radical (unpaired) electrons. The second-order valence-electron chi connectivity index (χ2n) is 14.0. The van der Waals surface area contributed by atoms with Crippen molar-refractivity contribution in [2.75, 3.05) is 0 Å². The first-order chi connectivity index (χ1) is 27.2. The molecule has 0 amide bonds. The maximum atomic E-state index is 5.27. The van der Waals surface area contributed by atoms with E-state index in [4.69, 9.17) is 49.8 Å². The van der Waals surface area contributed by atoms with Crippen LogP contribution in [0.15, 0.2) is 48.5 Å². The number of H-pyrrole nitrogens is 2. The summed E-state index contributed by atoms with van der Waals surface area (Å²) in [6, 6.07) is 16.9. The van der Waals surface area contributed by atoms with Crippen molar-refractivity contribution in [1.82, 2.24) is 59.8 Å². The Hall–Kier alpha value is -6.20. The zero-order valence-corrected chi connectivity index (χ0v) is 33.0. The van der Waals surface area contributed by atoms with Crippen LogP contribution >= 0.6 is 45.3 Å². The average Bonchev–Trinajstić information content (AvgIpc) is 4.03. The largest absolute Gasteiger partial charge is 0.324 e. The minimum atomic E-state index is 0.536. The van der Waals surface area contributed by atoms with Gasteiger partial charge in [-0.1, -0.05) is 0 Å². The summed E-state index contributed by atoms with van der Waals surface area (Å²) in [6.45, 7) is 8.10. The van der Waals surface area contributed by atoms with E-state index in [1.807, 2.05) is 27.7 Å².